The van der Waals surface area contributed by atoms with E-state index in [9.17, 15) is 9.18 Å². The Bertz CT molecular complexity index is 670. The maximum atomic E-state index is 13.6. The summed E-state index contributed by atoms with van der Waals surface area (Å²) in [6.07, 6.45) is 1.55. The molecule has 0 saturated carbocycles. The Hall–Kier alpha value is -2.81. The van der Waals surface area contributed by atoms with E-state index < -0.39 is 17.3 Å². The number of halogens is 1. The number of hydrogen-bond donors (Lipinski definition) is 2. The number of anilines is 1. The summed E-state index contributed by atoms with van der Waals surface area (Å²) in [6, 6.07) is 7.12. The van der Waals surface area contributed by atoms with E-state index in [0.717, 1.165) is 12.1 Å². The maximum Gasteiger partial charge on any atom is 0.338 e. The number of aromatic carboxylic acids is 1. The predicted molar refractivity (Wildman–Crippen MR) is 61.8 cm³/mol. The highest BCUT2D eigenvalue weighted by atomic mass is 19.1. The molecule has 3 N–H and O–H groups in total. The molecule has 1 aromatic heterocycles. The molecule has 0 fully saturated rings. The van der Waals surface area contributed by atoms with Crippen LogP contribution in [0.15, 0.2) is 30.5 Å². The molecule has 5 nitrogen and oxygen atoms in total. The van der Waals surface area contributed by atoms with Crippen LogP contribution in [-0.2, 0) is 0 Å². The van der Waals surface area contributed by atoms with E-state index in [4.69, 9.17) is 16.1 Å². The summed E-state index contributed by atoms with van der Waals surface area (Å²) in [7, 11) is 0. The van der Waals surface area contributed by atoms with Gasteiger partial charge in [0.05, 0.1) is 16.9 Å². The zero-order valence-electron chi connectivity index (χ0n) is 9.09. The SMILES string of the molecule is N#Cc1cccn1-c1cc(F)c(C(=O)O)cc1N. The van der Waals surface area contributed by atoms with Crippen LogP contribution in [-0.4, -0.2) is 15.6 Å². The summed E-state index contributed by atoms with van der Waals surface area (Å²) in [5.41, 5.74) is 5.79. The molecule has 2 rings (SSSR count). The highest BCUT2D eigenvalue weighted by molar-refractivity contribution is 5.90. The fourth-order valence-electron chi connectivity index (χ4n) is 1.63. The average molecular weight is 245 g/mol. The lowest BCUT2D eigenvalue weighted by Crippen LogP contribution is -2.07. The lowest BCUT2D eigenvalue weighted by Gasteiger charge is -2.10. The first kappa shape index (κ1) is 11.7. The molecule has 0 amide bonds. The Kier molecular flexibility index (Phi) is 2.73. The normalized spacial score (nSPS) is 10.0. The van der Waals surface area contributed by atoms with Crippen LogP contribution in [0.4, 0.5) is 10.1 Å². The van der Waals surface area contributed by atoms with Gasteiger partial charge >= 0.3 is 5.97 Å². The Morgan fingerprint density at radius 3 is 2.83 bits per heavy atom. The summed E-state index contributed by atoms with van der Waals surface area (Å²) >= 11 is 0. The standard InChI is InChI=1S/C12H8FN3O2/c13-9-5-11(10(15)4-8(9)12(17)18)16-3-1-2-7(16)6-14/h1-5H,15H2,(H,17,18). The lowest BCUT2D eigenvalue weighted by atomic mass is 10.1. The number of carbonyl (C=O) groups is 1. The number of rotatable bonds is 2. The average Bonchev–Trinajstić information content (AvgIpc) is 2.79. The second-order valence-electron chi connectivity index (χ2n) is 3.57. The van der Waals surface area contributed by atoms with Crippen molar-refractivity contribution in [1.82, 2.24) is 4.57 Å². The van der Waals surface area contributed by atoms with Crippen molar-refractivity contribution in [3.63, 3.8) is 0 Å². The van der Waals surface area contributed by atoms with Crippen LogP contribution in [0.5, 0.6) is 0 Å². The Labute approximate surface area is 101 Å². The van der Waals surface area contributed by atoms with Crippen molar-refractivity contribution in [2.45, 2.75) is 0 Å². The molecule has 0 atom stereocenters. The number of hydrogen-bond acceptors (Lipinski definition) is 3. The van der Waals surface area contributed by atoms with Gasteiger partial charge in [0.2, 0.25) is 0 Å². The molecule has 18 heavy (non-hydrogen) atoms. The van der Waals surface area contributed by atoms with Crippen LogP contribution in [0, 0.1) is 17.1 Å². The van der Waals surface area contributed by atoms with Gasteiger partial charge in [-0.1, -0.05) is 0 Å². The van der Waals surface area contributed by atoms with Crippen LogP contribution in [0.3, 0.4) is 0 Å². The number of aromatic nitrogens is 1. The Morgan fingerprint density at radius 1 is 1.50 bits per heavy atom. The second kappa shape index (κ2) is 4.22. The molecule has 0 aliphatic carbocycles. The van der Waals surface area contributed by atoms with E-state index in [1.165, 1.54) is 4.57 Å². The van der Waals surface area contributed by atoms with E-state index in [-0.39, 0.29) is 17.1 Å². The van der Waals surface area contributed by atoms with E-state index >= 15 is 0 Å². The summed E-state index contributed by atoms with van der Waals surface area (Å²) < 4.78 is 15.0. The molecular weight excluding hydrogens is 237 g/mol. The number of nitrogens with zero attached hydrogens (tertiary/aromatic N) is 2. The van der Waals surface area contributed by atoms with Gasteiger partial charge in [-0.3, -0.25) is 0 Å². The summed E-state index contributed by atoms with van der Waals surface area (Å²) in [6.45, 7) is 0. The van der Waals surface area contributed by atoms with Crippen molar-refractivity contribution < 1.29 is 14.3 Å². The van der Waals surface area contributed by atoms with Gasteiger partial charge < -0.3 is 15.4 Å². The molecule has 90 valence electrons. The van der Waals surface area contributed by atoms with Gasteiger partial charge in [-0.05, 0) is 18.2 Å². The lowest BCUT2D eigenvalue weighted by molar-refractivity contribution is 0.0692. The third-order valence-electron chi connectivity index (χ3n) is 2.47. The smallest absolute Gasteiger partial charge is 0.338 e. The minimum Gasteiger partial charge on any atom is -0.478 e. The van der Waals surface area contributed by atoms with Gasteiger partial charge in [-0.2, -0.15) is 5.26 Å². The fourth-order valence-corrected chi connectivity index (χ4v) is 1.63. The molecule has 1 heterocycles. The molecule has 0 radical (unpaired) electrons. The fraction of sp³-hybridized carbons (Fsp3) is 0. The largest absolute Gasteiger partial charge is 0.478 e. The quantitative estimate of drug-likeness (QED) is 0.788. The molecule has 0 aliphatic heterocycles. The number of benzene rings is 1. The van der Waals surface area contributed by atoms with Gasteiger partial charge in [-0.25, -0.2) is 9.18 Å². The molecule has 1 aromatic carbocycles. The van der Waals surface area contributed by atoms with Crippen molar-refractivity contribution in [3.8, 4) is 11.8 Å². The minimum absolute atomic E-state index is 0.0847. The van der Waals surface area contributed by atoms with E-state index in [2.05, 4.69) is 0 Å². The zero-order chi connectivity index (χ0) is 13.3. The van der Waals surface area contributed by atoms with Crippen molar-refractivity contribution in [1.29, 1.82) is 5.26 Å². The van der Waals surface area contributed by atoms with Crippen LogP contribution < -0.4 is 5.73 Å². The number of nitrogen functional groups attached to an aromatic ring is 1. The topological polar surface area (TPSA) is 92.0 Å². The summed E-state index contributed by atoms with van der Waals surface area (Å²) in [5.74, 6) is -2.29. The monoisotopic (exact) mass is 245 g/mol. The molecule has 6 heteroatoms. The maximum absolute atomic E-state index is 13.6. The van der Waals surface area contributed by atoms with Gasteiger partial charge in [0.1, 0.15) is 17.6 Å². The molecule has 0 bridgehead atoms. The third-order valence-corrected chi connectivity index (χ3v) is 2.47. The molecule has 0 unspecified atom stereocenters. The van der Waals surface area contributed by atoms with Gasteiger partial charge in [0, 0.05) is 12.3 Å². The van der Waals surface area contributed by atoms with Crippen LogP contribution in [0.1, 0.15) is 16.1 Å². The summed E-state index contributed by atoms with van der Waals surface area (Å²) in [4.78, 5) is 10.7. The van der Waals surface area contributed by atoms with Crippen molar-refractivity contribution in [2.75, 3.05) is 5.73 Å². The first-order valence-electron chi connectivity index (χ1n) is 4.94. The van der Waals surface area contributed by atoms with Crippen molar-refractivity contribution in [3.05, 3.63) is 47.5 Å². The number of carboxylic acids is 1. The molecule has 2 aromatic rings. The van der Waals surface area contributed by atoms with Gasteiger partial charge in [-0.15, -0.1) is 0 Å². The first-order valence-corrected chi connectivity index (χ1v) is 4.94. The van der Waals surface area contributed by atoms with Crippen LogP contribution >= 0.6 is 0 Å². The first-order chi connectivity index (χ1) is 8.54. The third kappa shape index (κ3) is 1.78. The number of carboxylic acid groups (broad SMARTS) is 1. The van der Waals surface area contributed by atoms with Gasteiger partial charge in [0.15, 0.2) is 0 Å². The zero-order valence-corrected chi connectivity index (χ0v) is 9.09. The minimum atomic E-state index is -1.39. The highest BCUT2D eigenvalue weighted by Gasteiger charge is 2.15. The van der Waals surface area contributed by atoms with E-state index in [1.807, 2.05) is 6.07 Å². The van der Waals surface area contributed by atoms with E-state index in [1.54, 1.807) is 18.3 Å². The molecule has 0 saturated heterocycles. The Balaban J connectivity index is 2.65. The highest BCUT2D eigenvalue weighted by Crippen LogP contribution is 2.23. The number of nitrogens with two attached hydrogens (primary N) is 1. The Morgan fingerprint density at radius 2 is 2.22 bits per heavy atom. The number of nitriles is 1. The predicted octanol–water partition coefficient (Wildman–Crippen LogP) is 1.77. The molecule has 0 aliphatic rings. The van der Waals surface area contributed by atoms with E-state index in [0.29, 0.717) is 0 Å². The van der Waals surface area contributed by atoms with Crippen LogP contribution in [0.25, 0.3) is 5.69 Å². The molecule has 0 spiro atoms. The van der Waals surface area contributed by atoms with Crippen LogP contribution in [0.2, 0.25) is 0 Å². The molecular formula is C12H8FN3O2. The van der Waals surface area contributed by atoms with Crippen molar-refractivity contribution >= 4 is 11.7 Å². The van der Waals surface area contributed by atoms with Gasteiger partial charge in [0.25, 0.3) is 0 Å². The second-order valence-corrected chi connectivity index (χ2v) is 3.57. The van der Waals surface area contributed by atoms with Crippen molar-refractivity contribution in [2.24, 2.45) is 0 Å². The summed E-state index contributed by atoms with van der Waals surface area (Å²) in [5, 5.41) is 17.6.